The monoisotopic (exact) mass is 1380 g/mol. The van der Waals surface area contributed by atoms with Gasteiger partial charge in [-0.3, -0.25) is 19.2 Å². The summed E-state index contributed by atoms with van der Waals surface area (Å²) in [5.41, 5.74) is 23.0. The predicted octanol–water partition coefficient (Wildman–Crippen LogP) is 23.3. The molecule has 100 heavy (non-hydrogen) atoms. The van der Waals surface area contributed by atoms with Crippen LogP contribution in [0.15, 0.2) is 40.1 Å². The molecule has 10 fully saturated rings. The molecular formula is C89H147N5O6. The summed E-state index contributed by atoms with van der Waals surface area (Å²) in [7, 11) is 0. The third kappa shape index (κ3) is 16.9. The first-order valence-electron chi connectivity index (χ1n) is 42.5. The van der Waals surface area contributed by atoms with Crippen LogP contribution in [0, 0.1) is 139 Å². The first-order chi connectivity index (χ1) is 47.4. The number of ether oxygens (including phenoxy) is 1. The van der Waals surface area contributed by atoms with Gasteiger partial charge in [-0.1, -0.05) is 202 Å². The van der Waals surface area contributed by atoms with Gasteiger partial charge in [0.1, 0.15) is 0 Å². The zero-order valence-corrected chi connectivity index (χ0v) is 66.4. The molecule has 0 spiro atoms. The number of allylic oxidation sites excluding steroid dienone is 3. The Bertz CT molecular complexity index is 2950. The van der Waals surface area contributed by atoms with E-state index in [4.69, 9.17) is 16.4 Å². The molecule has 564 valence electrons. The van der Waals surface area contributed by atoms with Crippen molar-refractivity contribution in [3.8, 4) is 0 Å². The zero-order valence-electron chi connectivity index (χ0n) is 66.4. The molecule has 9 unspecified atom stereocenters. The van der Waals surface area contributed by atoms with Gasteiger partial charge in [0.25, 0.3) is 0 Å². The van der Waals surface area contributed by atoms with Crippen molar-refractivity contribution in [2.24, 2.45) is 150 Å². The van der Waals surface area contributed by atoms with E-state index in [2.05, 4.69) is 142 Å². The summed E-state index contributed by atoms with van der Waals surface area (Å²) >= 11 is 0. The lowest BCUT2D eigenvalue weighted by atomic mass is 9.47. The topological polar surface area (TPSA) is 185 Å². The van der Waals surface area contributed by atoms with Crippen LogP contribution in [0.5, 0.6) is 0 Å². The number of hydrogen-bond acceptors (Lipinski definition) is 7. The number of nitrogens with one attached hydrogen (secondary N) is 1. The first kappa shape index (κ1) is 79.1. The summed E-state index contributed by atoms with van der Waals surface area (Å²) in [4.78, 5) is 46.2. The van der Waals surface area contributed by atoms with E-state index in [-0.39, 0.29) is 49.1 Å². The number of hydrogen-bond donors (Lipinski definition) is 3. The molecule has 0 aromatic carbocycles. The highest BCUT2D eigenvalue weighted by Gasteiger charge is 2.63. The van der Waals surface area contributed by atoms with Gasteiger partial charge < -0.3 is 20.9 Å². The number of nitrogens with two attached hydrogens (primary N) is 1. The van der Waals surface area contributed by atoms with Crippen LogP contribution < -0.4 is 11.1 Å². The van der Waals surface area contributed by atoms with Gasteiger partial charge >= 0.3 is 17.9 Å². The van der Waals surface area contributed by atoms with Crippen molar-refractivity contribution in [3.63, 3.8) is 0 Å². The number of nitrogens with zero attached hydrogens (tertiary/aromatic N) is 3. The maximum atomic E-state index is 12.2. The maximum Gasteiger partial charge on any atom is 0.314 e. The minimum absolute atomic E-state index is 0.0831. The number of carbonyl (C=O) groups excluding carboxylic acids is 3. The van der Waals surface area contributed by atoms with Gasteiger partial charge in [-0.05, 0) is 299 Å². The normalized spacial score (nSPS) is 41.3. The summed E-state index contributed by atoms with van der Waals surface area (Å²) in [6, 6.07) is 0.790. The number of azide groups is 1. The van der Waals surface area contributed by atoms with E-state index in [0.29, 0.717) is 33.1 Å². The van der Waals surface area contributed by atoms with Gasteiger partial charge in [-0.15, -0.1) is 0 Å². The smallest absolute Gasteiger partial charge is 0.314 e. The van der Waals surface area contributed by atoms with Crippen molar-refractivity contribution in [1.29, 1.82) is 0 Å². The average molecular weight is 1380 g/mol. The zero-order chi connectivity index (χ0) is 72.3. The molecule has 1 heterocycles. The van der Waals surface area contributed by atoms with Crippen LogP contribution in [0.4, 0.5) is 0 Å². The van der Waals surface area contributed by atoms with E-state index in [1.807, 2.05) is 0 Å². The van der Waals surface area contributed by atoms with Crippen molar-refractivity contribution in [3.05, 3.63) is 45.4 Å². The second kappa shape index (κ2) is 33.2. The van der Waals surface area contributed by atoms with Crippen LogP contribution in [0.2, 0.25) is 0 Å². The molecular weight excluding hydrogens is 1240 g/mol. The number of carboxylic acids is 1. The Labute approximate surface area is 609 Å². The SMILES string of the molecule is CC(C)CCC[C@@H](C)[C@H]1CCC2C3CC=C4C[C@@H](N)CC[C@]4(C)C3CC[C@@]21C.CC(C)CCC[C@@H](C)[C@H]1CCC2C3CC=C4C[C@@H](N=[N+]=[N-])CC[C@]4(C)C3CC[C@@]21C.CC(C)CCC[C@@H](C)[C@H]1CCC2C3CC=C4C[C@@H](NC(=O)CCC(=O)O)CC[C@]4(C)C3CC[C@@]21C.O=C1CCC(=O)O1. The highest BCUT2D eigenvalue weighted by molar-refractivity contribution is 5.92. The van der Waals surface area contributed by atoms with Crippen LogP contribution in [-0.4, -0.2) is 47.0 Å². The number of amides is 1. The Hall–Kier alpha value is -3.43. The number of carbonyl (C=O) groups is 4. The Morgan fingerprint density at radius 3 is 1.26 bits per heavy atom. The fourth-order valence-corrected chi connectivity index (χ4v) is 27.3. The molecule has 13 rings (SSSR count). The molecule has 11 nitrogen and oxygen atoms in total. The van der Waals surface area contributed by atoms with Gasteiger partial charge in [-0.25, -0.2) is 0 Å². The first-order valence-corrected chi connectivity index (χ1v) is 42.5. The summed E-state index contributed by atoms with van der Waals surface area (Å²) in [5, 5.41) is 16.1. The Morgan fingerprint density at radius 1 is 0.510 bits per heavy atom. The van der Waals surface area contributed by atoms with Crippen LogP contribution in [0.1, 0.15) is 341 Å². The van der Waals surface area contributed by atoms with Crippen molar-refractivity contribution in [2.45, 2.75) is 360 Å². The van der Waals surface area contributed by atoms with E-state index < -0.39 is 17.9 Å². The van der Waals surface area contributed by atoms with Gasteiger partial charge in [0.2, 0.25) is 5.91 Å². The van der Waals surface area contributed by atoms with Gasteiger partial charge in [-0.2, -0.15) is 0 Å². The van der Waals surface area contributed by atoms with Gasteiger partial charge in [0.05, 0.1) is 19.3 Å². The molecule has 12 aliphatic carbocycles. The predicted molar refractivity (Wildman–Crippen MR) is 409 cm³/mol. The third-order valence-electron chi connectivity index (χ3n) is 32.8. The fourth-order valence-electron chi connectivity index (χ4n) is 27.3. The lowest BCUT2D eigenvalue weighted by molar-refractivity contribution is -0.152. The molecule has 0 bridgehead atoms. The molecule has 1 aliphatic heterocycles. The Kier molecular flexibility index (Phi) is 26.2. The van der Waals surface area contributed by atoms with Crippen LogP contribution in [-0.2, 0) is 23.9 Å². The molecule has 0 radical (unpaired) electrons. The maximum absolute atomic E-state index is 12.2. The number of rotatable bonds is 20. The lowest BCUT2D eigenvalue weighted by Gasteiger charge is -2.58. The number of fused-ring (bicyclic) bond motifs is 15. The molecule has 0 aromatic rings. The third-order valence-corrected chi connectivity index (χ3v) is 32.8. The fraction of sp³-hybridized carbons (Fsp3) is 0.888. The Balaban J connectivity index is 0.000000155. The highest BCUT2D eigenvalue weighted by Crippen LogP contribution is 2.71. The minimum atomic E-state index is -0.902. The second-order valence-electron chi connectivity index (χ2n) is 39.7. The summed E-state index contributed by atoms with van der Waals surface area (Å²) < 4.78 is 4.08. The van der Waals surface area contributed by atoms with Crippen LogP contribution >= 0.6 is 0 Å². The van der Waals surface area contributed by atoms with Gasteiger partial charge in [0, 0.05) is 29.5 Å². The number of carboxylic acid groups (broad SMARTS) is 1. The van der Waals surface area contributed by atoms with E-state index in [9.17, 15) is 19.2 Å². The molecule has 1 amide bonds. The van der Waals surface area contributed by atoms with E-state index in [1.54, 1.807) is 16.7 Å². The molecule has 11 heteroatoms. The number of cyclic esters (lactones) is 2. The summed E-state index contributed by atoms with van der Waals surface area (Å²) in [5.74, 6) is 14.2. The van der Waals surface area contributed by atoms with Crippen molar-refractivity contribution in [1.82, 2.24) is 5.32 Å². The molecule has 1 saturated heterocycles. The average Bonchev–Trinajstić information content (AvgIpc) is 1.41. The minimum Gasteiger partial charge on any atom is -0.481 e. The molecule has 9 saturated carbocycles. The Morgan fingerprint density at radius 2 is 0.890 bits per heavy atom. The van der Waals surface area contributed by atoms with Crippen molar-refractivity contribution in [2.75, 3.05) is 0 Å². The van der Waals surface area contributed by atoms with Crippen LogP contribution in [0.3, 0.4) is 0 Å². The molecule has 4 N–H and O–H groups in total. The molecule has 0 aromatic heterocycles. The summed E-state index contributed by atoms with van der Waals surface area (Å²) in [6.45, 7) is 37.7. The summed E-state index contributed by atoms with van der Waals surface area (Å²) in [6.07, 6.45) is 52.6. The largest absolute Gasteiger partial charge is 0.481 e. The molecule has 13 aliphatic rings. The van der Waals surface area contributed by atoms with Crippen molar-refractivity contribution < 1.29 is 29.0 Å². The highest BCUT2D eigenvalue weighted by atomic mass is 16.6. The van der Waals surface area contributed by atoms with E-state index in [1.165, 1.54) is 180 Å². The standard InChI is InChI=1S/C31H51NO3.C27H45N3.C27H47N.C4H4O3/c1-20(2)7-6-8-21(3)25-11-12-26-24-10-9-22-19-23(32-28(33)13-14-29(34)35)15-17-30(22,4)27(24)16-18-31(25,26)5;1-18(2)7-6-8-19(3)23-11-12-24-22-10-9-20-17-21(29-30-28)13-15-26(20,4)25(22)14-16-27(23,24)5;1-18(2)7-6-8-19(3)23-11-12-24-22-10-9-20-17-21(28)13-15-26(20,4)25(22)14-16-27(23,24)5;5-3-1-2-4(6)7-3/h9,20-21,23-27H,6-8,10-19H2,1-5H3,(H,32,33)(H,34,35);9,18-19,21-25H,6-8,10-17H2,1-5H3;9,18-19,21-25H,6-8,10-17,28H2,1-5H3;1-2H2/t21-,23+,24?,25-,26?,27?,30+,31-;2*19-,21+,22?,23-,24?,25?,26+,27-;/m111./s1. The van der Waals surface area contributed by atoms with Gasteiger partial charge in [0.15, 0.2) is 0 Å². The quantitative estimate of drug-likeness (QED) is 0.0270. The van der Waals surface area contributed by atoms with E-state index in [0.717, 1.165) is 139 Å². The number of esters is 2. The number of aliphatic carboxylic acids is 1. The lowest BCUT2D eigenvalue weighted by Crippen LogP contribution is -2.52. The molecule has 24 atom stereocenters. The second-order valence-corrected chi connectivity index (χ2v) is 39.7. The van der Waals surface area contributed by atoms with E-state index >= 15 is 0 Å². The van der Waals surface area contributed by atoms with Crippen LogP contribution in [0.25, 0.3) is 10.4 Å². The van der Waals surface area contributed by atoms with Crippen molar-refractivity contribution >= 4 is 23.8 Å².